The number of guanidine groups is 1. The number of hydrogen-bond acceptors (Lipinski definition) is 4. The Kier molecular flexibility index (Phi) is 12.2. The van der Waals surface area contributed by atoms with Gasteiger partial charge in [-0.25, -0.2) is 8.42 Å². The molecule has 0 aliphatic rings. The Hall–Kier alpha value is -0.870. The molecule has 2 N–H and O–H groups in total. The standard InChI is InChI=1S/C19H34N4O2S.HI/c1-15(2)23(5)14-18-10-8-7-9-17(18)13-21-19(20-4)22-16(3)11-12-26(6,24)25;/h7-10,15-16H,11-14H2,1-6H3,(H2,20,21,22);1H. The zero-order valence-electron chi connectivity index (χ0n) is 17.3. The average molecular weight is 510 g/mol. The molecule has 1 aromatic carbocycles. The maximum Gasteiger partial charge on any atom is 0.191 e. The zero-order valence-corrected chi connectivity index (χ0v) is 20.5. The van der Waals surface area contributed by atoms with Gasteiger partial charge in [0.25, 0.3) is 0 Å². The molecule has 1 rings (SSSR count). The number of aliphatic imine (C=N–C) groups is 1. The first kappa shape index (κ1) is 26.1. The van der Waals surface area contributed by atoms with Gasteiger partial charge in [-0.3, -0.25) is 9.89 Å². The lowest BCUT2D eigenvalue weighted by molar-refractivity contribution is 0.265. The topological polar surface area (TPSA) is 73.8 Å². The van der Waals surface area contributed by atoms with Crippen LogP contribution in [0.3, 0.4) is 0 Å². The lowest BCUT2D eigenvalue weighted by Gasteiger charge is -2.23. The van der Waals surface area contributed by atoms with E-state index in [2.05, 4.69) is 59.6 Å². The second-order valence-corrected chi connectivity index (χ2v) is 9.43. The Balaban J connectivity index is 0.00000676. The highest BCUT2D eigenvalue weighted by Crippen LogP contribution is 2.12. The zero-order chi connectivity index (χ0) is 19.7. The van der Waals surface area contributed by atoms with Crippen molar-refractivity contribution in [2.75, 3.05) is 26.1 Å². The lowest BCUT2D eigenvalue weighted by atomic mass is 10.1. The van der Waals surface area contributed by atoms with Gasteiger partial charge in [0.2, 0.25) is 0 Å². The molecule has 0 spiro atoms. The molecule has 8 heteroatoms. The maximum atomic E-state index is 11.3. The Labute approximate surface area is 182 Å². The summed E-state index contributed by atoms with van der Waals surface area (Å²) in [5, 5.41) is 6.58. The molecular weight excluding hydrogens is 475 g/mol. The van der Waals surface area contributed by atoms with Gasteiger partial charge in [0.1, 0.15) is 9.84 Å². The summed E-state index contributed by atoms with van der Waals surface area (Å²) in [7, 11) is 0.897. The predicted molar refractivity (Wildman–Crippen MR) is 126 cm³/mol. The van der Waals surface area contributed by atoms with Crippen molar-refractivity contribution in [2.45, 2.75) is 52.4 Å². The molecule has 156 valence electrons. The van der Waals surface area contributed by atoms with Gasteiger partial charge in [0.15, 0.2) is 5.96 Å². The van der Waals surface area contributed by atoms with E-state index in [1.54, 1.807) is 7.05 Å². The molecule has 0 bridgehead atoms. The van der Waals surface area contributed by atoms with Crippen molar-refractivity contribution in [1.29, 1.82) is 0 Å². The van der Waals surface area contributed by atoms with E-state index in [1.165, 1.54) is 17.4 Å². The molecule has 0 saturated carbocycles. The lowest BCUT2D eigenvalue weighted by Crippen LogP contribution is -2.42. The van der Waals surface area contributed by atoms with E-state index in [4.69, 9.17) is 0 Å². The van der Waals surface area contributed by atoms with Crippen molar-refractivity contribution < 1.29 is 8.42 Å². The van der Waals surface area contributed by atoms with Crippen molar-refractivity contribution in [3.63, 3.8) is 0 Å². The van der Waals surface area contributed by atoms with Gasteiger partial charge in [-0.15, -0.1) is 24.0 Å². The highest BCUT2D eigenvalue weighted by molar-refractivity contribution is 14.0. The first-order valence-electron chi connectivity index (χ1n) is 9.04. The summed E-state index contributed by atoms with van der Waals surface area (Å²) in [6.45, 7) is 7.89. The largest absolute Gasteiger partial charge is 0.354 e. The Bertz CT molecular complexity index is 693. The molecule has 0 radical (unpaired) electrons. The Morgan fingerprint density at radius 1 is 1.19 bits per heavy atom. The third kappa shape index (κ3) is 10.9. The quantitative estimate of drug-likeness (QED) is 0.304. The predicted octanol–water partition coefficient (Wildman–Crippen LogP) is 2.63. The normalized spacial score (nSPS) is 13.4. The minimum absolute atomic E-state index is 0. The molecule has 1 atom stereocenters. The van der Waals surface area contributed by atoms with E-state index in [9.17, 15) is 8.42 Å². The minimum atomic E-state index is -2.95. The van der Waals surface area contributed by atoms with Gasteiger partial charge in [-0.1, -0.05) is 24.3 Å². The van der Waals surface area contributed by atoms with Crippen LogP contribution in [-0.2, 0) is 22.9 Å². The maximum absolute atomic E-state index is 11.3. The molecule has 0 aliphatic heterocycles. The summed E-state index contributed by atoms with van der Waals surface area (Å²) in [6, 6.07) is 8.89. The van der Waals surface area contributed by atoms with E-state index in [0.29, 0.717) is 25.0 Å². The molecule has 0 heterocycles. The van der Waals surface area contributed by atoms with Crippen molar-refractivity contribution in [2.24, 2.45) is 4.99 Å². The van der Waals surface area contributed by atoms with Crippen LogP contribution in [0.1, 0.15) is 38.3 Å². The molecule has 27 heavy (non-hydrogen) atoms. The molecule has 0 aromatic heterocycles. The van der Waals surface area contributed by atoms with Crippen LogP contribution >= 0.6 is 24.0 Å². The van der Waals surface area contributed by atoms with Crippen LogP contribution in [0.5, 0.6) is 0 Å². The number of benzene rings is 1. The molecular formula is C19H35IN4O2S. The van der Waals surface area contributed by atoms with Crippen molar-refractivity contribution in [1.82, 2.24) is 15.5 Å². The van der Waals surface area contributed by atoms with Gasteiger partial charge in [0.05, 0.1) is 5.75 Å². The van der Waals surface area contributed by atoms with E-state index in [1.807, 2.05) is 13.0 Å². The van der Waals surface area contributed by atoms with Gasteiger partial charge in [-0.05, 0) is 45.4 Å². The van der Waals surface area contributed by atoms with Crippen molar-refractivity contribution in [3.8, 4) is 0 Å². The Morgan fingerprint density at radius 2 is 1.78 bits per heavy atom. The number of hydrogen-bond donors (Lipinski definition) is 2. The first-order valence-corrected chi connectivity index (χ1v) is 11.1. The Morgan fingerprint density at radius 3 is 2.30 bits per heavy atom. The summed E-state index contributed by atoms with van der Waals surface area (Å²) < 4.78 is 22.6. The van der Waals surface area contributed by atoms with Crippen LogP contribution in [0.25, 0.3) is 0 Å². The molecule has 1 unspecified atom stereocenters. The van der Waals surface area contributed by atoms with E-state index in [-0.39, 0.29) is 35.8 Å². The van der Waals surface area contributed by atoms with Gasteiger partial charge < -0.3 is 10.6 Å². The molecule has 0 aliphatic carbocycles. The smallest absolute Gasteiger partial charge is 0.191 e. The highest BCUT2D eigenvalue weighted by Gasteiger charge is 2.11. The van der Waals surface area contributed by atoms with Crippen LogP contribution in [0.2, 0.25) is 0 Å². The number of nitrogens with one attached hydrogen (secondary N) is 2. The highest BCUT2D eigenvalue weighted by atomic mass is 127. The van der Waals surface area contributed by atoms with Crippen LogP contribution < -0.4 is 10.6 Å². The number of sulfone groups is 1. The monoisotopic (exact) mass is 510 g/mol. The molecule has 0 amide bonds. The van der Waals surface area contributed by atoms with Gasteiger partial charge in [-0.2, -0.15) is 0 Å². The number of nitrogens with zero attached hydrogens (tertiary/aromatic N) is 2. The molecule has 6 nitrogen and oxygen atoms in total. The van der Waals surface area contributed by atoms with Crippen LogP contribution in [0, 0.1) is 0 Å². The second-order valence-electron chi connectivity index (χ2n) is 7.17. The van der Waals surface area contributed by atoms with Crippen LogP contribution in [-0.4, -0.2) is 57.5 Å². The molecule has 0 fully saturated rings. The van der Waals surface area contributed by atoms with Crippen molar-refractivity contribution in [3.05, 3.63) is 35.4 Å². The van der Waals surface area contributed by atoms with Crippen LogP contribution in [0.15, 0.2) is 29.3 Å². The van der Waals surface area contributed by atoms with E-state index in [0.717, 1.165) is 6.54 Å². The summed E-state index contributed by atoms with van der Waals surface area (Å²) in [6.07, 6.45) is 1.81. The first-order chi connectivity index (χ1) is 12.1. The van der Waals surface area contributed by atoms with E-state index >= 15 is 0 Å². The summed E-state index contributed by atoms with van der Waals surface area (Å²) in [4.78, 5) is 6.55. The van der Waals surface area contributed by atoms with Crippen LogP contribution in [0.4, 0.5) is 0 Å². The SMILES string of the molecule is CN=C(NCc1ccccc1CN(C)C(C)C)NC(C)CCS(C)(=O)=O.I. The van der Waals surface area contributed by atoms with Gasteiger partial charge >= 0.3 is 0 Å². The fourth-order valence-electron chi connectivity index (χ4n) is 2.41. The van der Waals surface area contributed by atoms with E-state index < -0.39 is 9.84 Å². The van der Waals surface area contributed by atoms with Crippen molar-refractivity contribution >= 4 is 39.8 Å². The molecule has 0 saturated heterocycles. The summed E-state index contributed by atoms with van der Waals surface area (Å²) >= 11 is 0. The minimum Gasteiger partial charge on any atom is -0.354 e. The number of rotatable bonds is 9. The number of halogens is 1. The summed E-state index contributed by atoms with van der Waals surface area (Å²) in [5.74, 6) is 0.848. The third-order valence-electron chi connectivity index (χ3n) is 4.39. The second kappa shape index (κ2) is 12.6. The fraction of sp³-hybridized carbons (Fsp3) is 0.632. The molecule has 1 aromatic rings. The third-order valence-corrected chi connectivity index (χ3v) is 5.37. The average Bonchev–Trinajstić information content (AvgIpc) is 2.57. The fourth-order valence-corrected chi connectivity index (χ4v) is 3.19. The van der Waals surface area contributed by atoms with Gasteiger partial charge in [0, 0.05) is 38.5 Å². The summed E-state index contributed by atoms with van der Waals surface area (Å²) in [5.41, 5.74) is 2.52.